The molecule has 1 unspecified atom stereocenters. The largest absolute Gasteiger partial charge is 0.366 e. The molecule has 0 radical (unpaired) electrons. The van der Waals surface area contributed by atoms with Crippen LogP contribution in [0.25, 0.3) is 0 Å². The summed E-state index contributed by atoms with van der Waals surface area (Å²) in [6.07, 6.45) is 7.78. The fourth-order valence-corrected chi connectivity index (χ4v) is 1.65. The topological polar surface area (TPSA) is 21.7 Å². The number of hydrogen-bond donors (Lipinski definition) is 0. The van der Waals surface area contributed by atoms with Gasteiger partial charge < -0.3 is 4.90 Å². The molecule has 0 aromatic heterocycles. The molecule has 0 aliphatic carbocycles. The predicted molar refractivity (Wildman–Crippen MR) is 61.5 cm³/mol. The smallest absolute Gasteiger partial charge is 0.103 e. The summed E-state index contributed by atoms with van der Waals surface area (Å²) in [6.45, 7) is 5.77. The standard InChI is InChI=1S/C10H19NO2S/c1-5-7-9-11(3)10(8-6-2)14-13-12-4/h5,7,9-10H,1,6,8H2,2-4H3/b9-7-. The second-order valence-corrected chi connectivity index (χ2v) is 3.69. The third-order valence-corrected chi connectivity index (χ3v) is 2.67. The Morgan fingerprint density at radius 1 is 1.57 bits per heavy atom. The van der Waals surface area contributed by atoms with Gasteiger partial charge in [0.25, 0.3) is 0 Å². The number of nitrogens with zero attached hydrogens (tertiary/aromatic N) is 1. The molecule has 0 aliphatic heterocycles. The highest BCUT2D eigenvalue weighted by molar-refractivity contribution is 7.95. The van der Waals surface area contributed by atoms with Gasteiger partial charge in [-0.15, -0.1) is 0 Å². The molecule has 0 heterocycles. The van der Waals surface area contributed by atoms with E-state index in [4.69, 9.17) is 4.33 Å². The fourth-order valence-electron chi connectivity index (χ4n) is 0.944. The molecule has 0 amide bonds. The van der Waals surface area contributed by atoms with Crippen molar-refractivity contribution < 1.29 is 9.22 Å². The maximum absolute atomic E-state index is 4.86. The summed E-state index contributed by atoms with van der Waals surface area (Å²) in [5.74, 6) is 0. The second kappa shape index (κ2) is 9.12. The van der Waals surface area contributed by atoms with E-state index in [-0.39, 0.29) is 5.37 Å². The zero-order valence-electron chi connectivity index (χ0n) is 9.10. The minimum atomic E-state index is 0.274. The van der Waals surface area contributed by atoms with Crippen LogP contribution in [-0.2, 0) is 9.22 Å². The Labute approximate surface area is 90.9 Å². The van der Waals surface area contributed by atoms with Gasteiger partial charge in [0.2, 0.25) is 0 Å². The van der Waals surface area contributed by atoms with Crippen LogP contribution in [0.2, 0.25) is 0 Å². The highest BCUT2D eigenvalue weighted by Gasteiger charge is 2.12. The molecule has 1 atom stereocenters. The quantitative estimate of drug-likeness (QED) is 0.205. The maximum atomic E-state index is 4.86. The molecule has 0 aromatic rings. The average molecular weight is 217 g/mol. The first-order chi connectivity index (χ1) is 6.76. The van der Waals surface area contributed by atoms with E-state index in [0.717, 1.165) is 12.8 Å². The van der Waals surface area contributed by atoms with E-state index in [2.05, 4.69) is 23.3 Å². The lowest BCUT2D eigenvalue weighted by Crippen LogP contribution is -2.23. The molecule has 0 saturated heterocycles. The number of rotatable bonds is 8. The van der Waals surface area contributed by atoms with E-state index in [1.54, 1.807) is 6.08 Å². The SMILES string of the molecule is C=C/C=C\N(C)C(CCC)SOOC. The maximum Gasteiger partial charge on any atom is 0.103 e. The van der Waals surface area contributed by atoms with E-state index in [1.807, 2.05) is 19.3 Å². The zero-order valence-corrected chi connectivity index (χ0v) is 9.92. The minimum absolute atomic E-state index is 0.274. The van der Waals surface area contributed by atoms with E-state index in [9.17, 15) is 0 Å². The molecule has 0 spiro atoms. The molecule has 3 nitrogen and oxygen atoms in total. The summed E-state index contributed by atoms with van der Waals surface area (Å²) in [7, 11) is 3.52. The molecule has 0 saturated carbocycles. The Bertz CT molecular complexity index is 174. The summed E-state index contributed by atoms with van der Waals surface area (Å²) in [5, 5.41) is 0.274. The van der Waals surface area contributed by atoms with Crippen molar-refractivity contribution in [3.63, 3.8) is 0 Å². The third kappa shape index (κ3) is 6.07. The van der Waals surface area contributed by atoms with Crippen LogP contribution in [0.5, 0.6) is 0 Å². The van der Waals surface area contributed by atoms with E-state index < -0.39 is 0 Å². The van der Waals surface area contributed by atoms with Gasteiger partial charge in [0.15, 0.2) is 0 Å². The van der Waals surface area contributed by atoms with Gasteiger partial charge in [-0.1, -0.05) is 26.0 Å². The van der Waals surface area contributed by atoms with Crippen LogP contribution in [0.1, 0.15) is 19.8 Å². The lowest BCUT2D eigenvalue weighted by molar-refractivity contribution is -0.161. The molecule has 0 aliphatic rings. The van der Waals surface area contributed by atoms with Gasteiger partial charge in [-0.05, 0) is 18.7 Å². The molecule has 0 bridgehead atoms. The van der Waals surface area contributed by atoms with E-state index in [0.29, 0.717) is 0 Å². The summed E-state index contributed by atoms with van der Waals surface area (Å²) >= 11 is 1.32. The van der Waals surface area contributed by atoms with E-state index >= 15 is 0 Å². The Hall–Kier alpha value is -0.450. The van der Waals surface area contributed by atoms with Gasteiger partial charge in [0, 0.05) is 7.05 Å². The van der Waals surface area contributed by atoms with E-state index in [1.165, 1.54) is 19.2 Å². The Morgan fingerprint density at radius 2 is 2.29 bits per heavy atom. The minimum Gasteiger partial charge on any atom is -0.366 e. The molecule has 14 heavy (non-hydrogen) atoms. The highest BCUT2D eigenvalue weighted by atomic mass is 32.2. The fraction of sp³-hybridized carbons (Fsp3) is 0.600. The molecule has 0 fully saturated rings. The predicted octanol–water partition coefficient (Wildman–Crippen LogP) is 2.97. The van der Waals surface area contributed by atoms with Crippen molar-refractivity contribution in [2.24, 2.45) is 0 Å². The molecular weight excluding hydrogens is 198 g/mol. The van der Waals surface area contributed by atoms with Crippen molar-refractivity contribution in [1.29, 1.82) is 0 Å². The monoisotopic (exact) mass is 217 g/mol. The van der Waals surface area contributed by atoms with Crippen molar-refractivity contribution in [3.05, 3.63) is 24.9 Å². The molecule has 0 N–H and O–H groups in total. The normalized spacial score (nSPS) is 13.1. The van der Waals surface area contributed by atoms with Crippen LogP contribution >= 0.6 is 12.0 Å². The molecule has 4 heteroatoms. The zero-order chi connectivity index (χ0) is 10.8. The van der Waals surface area contributed by atoms with Gasteiger partial charge >= 0.3 is 0 Å². The van der Waals surface area contributed by atoms with Gasteiger partial charge in [-0.25, -0.2) is 4.89 Å². The first-order valence-electron chi connectivity index (χ1n) is 4.63. The molecule has 0 aromatic carbocycles. The van der Waals surface area contributed by atoms with Crippen molar-refractivity contribution in [2.45, 2.75) is 25.1 Å². The first kappa shape index (κ1) is 13.5. The molecule has 0 rings (SSSR count). The Morgan fingerprint density at radius 3 is 2.79 bits per heavy atom. The summed E-state index contributed by atoms with van der Waals surface area (Å²) in [6, 6.07) is 0. The highest BCUT2D eigenvalue weighted by Crippen LogP contribution is 2.20. The molecule has 82 valence electrons. The first-order valence-corrected chi connectivity index (χ1v) is 5.44. The number of hydrogen-bond acceptors (Lipinski definition) is 4. The van der Waals surface area contributed by atoms with Gasteiger partial charge in [-0.2, -0.15) is 4.33 Å². The van der Waals surface area contributed by atoms with Crippen LogP contribution in [-0.4, -0.2) is 24.4 Å². The van der Waals surface area contributed by atoms with Crippen molar-refractivity contribution in [2.75, 3.05) is 14.2 Å². The second-order valence-electron chi connectivity index (χ2n) is 2.82. The van der Waals surface area contributed by atoms with Crippen LogP contribution < -0.4 is 0 Å². The van der Waals surface area contributed by atoms with Crippen LogP contribution in [0.15, 0.2) is 24.9 Å². The van der Waals surface area contributed by atoms with Crippen molar-refractivity contribution in [3.8, 4) is 0 Å². The van der Waals surface area contributed by atoms with Gasteiger partial charge in [0.05, 0.1) is 19.2 Å². The lowest BCUT2D eigenvalue weighted by Gasteiger charge is -2.23. The van der Waals surface area contributed by atoms with Gasteiger partial charge in [0.1, 0.15) is 5.37 Å². The Balaban J connectivity index is 4.02. The molecular formula is C10H19NO2S. The summed E-state index contributed by atoms with van der Waals surface area (Å²) < 4.78 is 4.86. The average Bonchev–Trinajstić information content (AvgIpc) is 2.20. The van der Waals surface area contributed by atoms with Crippen molar-refractivity contribution >= 4 is 12.0 Å². The van der Waals surface area contributed by atoms with Crippen molar-refractivity contribution in [1.82, 2.24) is 4.90 Å². The van der Waals surface area contributed by atoms with Gasteiger partial charge in [-0.3, -0.25) is 0 Å². The lowest BCUT2D eigenvalue weighted by atomic mass is 10.3. The number of allylic oxidation sites excluding steroid dienone is 2. The third-order valence-electron chi connectivity index (χ3n) is 1.67. The Kier molecular flexibility index (Phi) is 8.83. The van der Waals surface area contributed by atoms with Crippen LogP contribution in [0.4, 0.5) is 0 Å². The summed E-state index contributed by atoms with van der Waals surface area (Å²) in [4.78, 5) is 6.64. The van der Waals surface area contributed by atoms with Crippen LogP contribution in [0.3, 0.4) is 0 Å². The van der Waals surface area contributed by atoms with Crippen LogP contribution in [0, 0.1) is 0 Å². The summed E-state index contributed by atoms with van der Waals surface area (Å²) in [5.41, 5.74) is 0.